The maximum absolute atomic E-state index is 13.0. The van der Waals surface area contributed by atoms with Crippen LogP contribution in [0, 0.1) is 0 Å². The molecule has 2 amide bonds. The predicted octanol–water partition coefficient (Wildman–Crippen LogP) is 4.00. The van der Waals surface area contributed by atoms with Crippen molar-refractivity contribution in [2.24, 2.45) is 0 Å². The van der Waals surface area contributed by atoms with Gasteiger partial charge in [0.05, 0.1) is 0 Å². The Morgan fingerprint density at radius 1 is 1.10 bits per heavy atom. The number of piperazine rings is 1. The van der Waals surface area contributed by atoms with E-state index in [1.54, 1.807) is 62.6 Å². The molecule has 2 aromatic heterocycles. The van der Waals surface area contributed by atoms with Crippen LogP contribution in [0.15, 0.2) is 42.6 Å². The van der Waals surface area contributed by atoms with Gasteiger partial charge in [0.25, 0.3) is 5.91 Å². The first-order valence-electron chi connectivity index (χ1n) is 10.1. The van der Waals surface area contributed by atoms with Crippen LogP contribution in [0.3, 0.4) is 0 Å². The van der Waals surface area contributed by atoms with Crippen LogP contribution >= 0.6 is 11.3 Å². The molecule has 1 aromatic carbocycles. The van der Waals surface area contributed by atoms with Crippen LogP contribution in [-0.2, 0) is 4.74 Å². The summed E-state index contributed by atoms with van der Waals surface area (Å²) in [5.41, 5.74) is 1.37. The van der Waals surface area contributed by atoms with E-state index in [1.807, 2.05) is 17.0 Å². The molecule has 162 valence electrons. The number of carbonyl (C=O) groups is 2. The highest BCUT2D eigenvalue weighted by Crippen LogP contribution is 2.28. The Balaban J connectivity index is 1.37. The molecule has 1 N–H and O–H groups in total. The molecule has 1 aliphatic rings. The minimum absolute atomic E-state index is 0.0570. The fourth-order valence-electron chi connectivity index (χ4n) is 3.33. The molecule has 3 heterocycles. The molecule has 8 nitrogen and oxygen atoms in total. The molecule has 31 heavy (non-hydrogen) atoms. The first-order valence-corrected chi connectivity index (χ1v) is 11.0. The number of hydrogen-bond acceptors (Lipinski definition) is 7. The summed E-state index contributed by atoms with van der Waals surface area (Å²) < 4.78 is 5.27. The first kappa shape index (κ1) is 21.0. The van der Waals surface area contributed by atoms with E-state index in [2.05, 4.69) is 20.2 Å². The smallest absolute Gasteiger partial charge is 0.412 e. The molecule has 0 unspecified atom stereocenters. The standard InChI is InChI=1S/C22H25N5O3S/c1-22(2,3)30-21(29)24-16-7-4-6-15(14-16)19(28)26-10-12-27(13-11-26)20-25-17-8-5-9-23-18(17)31-20/h4-9,14H,10-13H2,1-3H3,(H,24,29). The second kappa shape index (κ2) is 8.50. The van der Waals surface area contributed by atoms with Gasteiger partial charge in [0, 0.05) is 43.6 Å². The highest BCUT2D eigenvalue weighted by Gasteiger charge is 2.24. The maximum atomic E-state index is 13.0. The lowest BCUT2D eigenvalue weighted by Gasteiger charge is -2.34. The van der Waals surface area contributed by atoms with Gasteiger partial charge in [0.15, 0.2) is 5.13 Å². The lowest BCUT2D eigenvalue weighted by Crippen LogP contribution is -2.48. The number of ether oxygens (including phenoxy) is 1. The van der Waals surface area contributed by atoms with E-state index in [0.717, 1.165) is 15.5 Å². The third kappa shape index (κ3) is 5.11. The Morgan fingerprint density at radius 3 is 2.58 bits per heavy atom. The van der Waals surface area contributed by atoms with Crippen molar-refractivity contribution >= 4 is 44.5 Å². The van der Waals surface area contributed by atoms with Gasteiger partial charge < -0.3 is 14.5 Å². The molecule has 0 saturated carbocycles. The molecule has 0 bridgehead atoms. The van der Waals surface area contributed by atoms with Crippen LogP contribution in [0.5, 0.6) is 0 Å². The van der Waals surface area contributed by atoms with Gasteiger partial charge in [-0.1, -0.05) is 17.4 Å². The fraction of sp³-hybridized carbons (Fsp3) is 0.364. The van der Waals surface area contributed by atoms with Gasteiger partial charge in [-0.2, -0.15) is 0 Å². The Morgan fingerprint density at radius 2 is 1.87 bits per heavy atom. The number of carbonyl (C=O) groups excluding carboxylic acids is 2. The molecule has 1 saturated heterocycles. The Hall–Kier alpha value is -3.20. The van der Waals surface area contributed by atoms with E-state index in [9.17, 15) is 9.59 Å². The van der Waals surface area contributed by atoms with Gasteiger partial charge in [0.2, 0.25) is 0 Å². The largest absolute Gasteiger partial charge is 0.444 e. The van der Waals surface area contributed by atoms with Crippen molar-refractivity contribution in [1.29, 1.82) is 0 Å². The fourth-order valence-corrected chi connectivity index (χ4v) is 4.29. The summed E-state index contributed by atoms with van der Waals surface area (Å²) in [6.07, 6.45) is 1.23. The third-order valence-electron chi connectivity index (χ3n) is 4.75. The van der Waals surface area contributed by atoms with Gasteiger partial charge in [-0.15, -0.1) is 0 Å². The van der Waals surface area contributed by atoms with Crippen molar-refractivity contribution in [1.82, 2.24) is 14.9 Å². The first-order chi connectivity index (χ1) is 14.8. The SMILES string of the molecule is CC(C)(C)OC(=O)Nc1cccc(C(=O)N2CCN(c3nc4cccnc4s3)CC2)c1. The van der Waals surface area contributed by atoms with E-state index >= 15 is 0 Å². The zero-order valence-electron chi connectivity index (χ0n) is 17.8. The van der Waals surface area contributed by atoms with E-state index < -0.39 is 11.7 Å². The van der Waals surface area contributed by atoms with Gasteiger partial charge >= 0.3 is 6.09 Å². The minimum Gasteiger partial charge on any atom is -0.444 e. The van der Waals surface area contributed by atoms with Crippen LogP contribution in [0.2, 0.25) is 0 Å². The van der Waals surface area contributed by atoms with Crippen LogP contribution in [0.4, 0.5) is 15.6 Å². The molecule has 0 aliphatic carbocycles. The molecule has 0 atom stereocenters. The quantitative estimate of drug-likeness (QED) is 0.664. The Bertz CT molecular complexity index is 1070. The summed E-state index contributed by atoms with van der Waals surface area (Å²) in [6, 6.07) is 10.8. The van der Waals surface area contributed by atoms with Crippen molar-refractivity contribution < 1.29 is 14.3 Å². The predicted molar refractivity (Wildman–Crippen MR) is 122 cm³/mol. The topological polar surface area (TPSA) is 87.7 Å². The average Bonchev–Trinajstić information content (AvgIpc) is 3.16. The van der Waals surface area contributed by atoms with E-state index in [1.165, 1.54) is 0 Å². The zero-order chi connectivity index (χ0) is 22.0. The summed E-state index contributed by atoms with van der Waals surface area (Å²) in [7, 11) is 0. The second-order valence-electron chi connectivity index (χ2n) is 8.31. The van der Waals surface area contributed by atoms with Crippen LogP contribution in [0.25, 0.3) is 10.3 Å². The number of benzene rings is 1. The molecule has 0 radical (unpaired) electrons. The molecule has 3 aromatic rings. The number of rotatable bonds is 3. The normalized spacial score (nSPS) is 14.5. The molecule has 9 heteroatoms. The molecule has 0 spiro atoms. The van der Waals surface area contributed by atoms with Gasteiger partial charge in [-0.3, -0.25) is 10.1 Å². The van der Waals surface area contributed by atoms with Crippen molar-refractivity contribution in [3.8, 4) is 0 Å². The number of anilines is 2. The Kier molecular flexibility index (Phi) is 5.77. The van der Waals surface area contributed by atoms with Gasteiger partial charge in [-0.25, -0.2) is 14.8 Å². The molecular formula is C22H25N5O3S. The summed E-state index contributed by atoms with van der Waals surface area (Å²) >= 11 is 1.57. The van der Waals surface area contributed by atoms with Gasteiger partial charge in [-0.05, 0) is 51.1 Å². The number of amides is 2. The highest BCUT2D eigenvalue weighted by atomic mass is 32.1. The van der Waals surface area contributed by atoms with Crippen LogP contribution < -0.4 is 10.2 Å². The number of fused-ring (bicyclic) bond motifs is 1. The van der Waals surface area contributed by atoms with Gasteiger partial charge in [0.1, 0.15) is 15.9 Å². The van der Waals surface area contributed by atoms with Crippen molar-refractivity contribution in [3.05, 3.63) is 48.2 Å². The molecule has 1 fully saturated rings. The van der Waals surface area contributed by atoms with E-state index in [-0.39, 0.29) is 5.91 Å². The summed E-state index contributed by atoms with van der Waals surface area (Å²) in [6.45, 7) is 8.03. The number of nitrogens with zero attached hydrogens (tertiary/aromatic N) is 4. The van der Waals surface area contributed by atoms with Crippen molar-refractivity contribution in [3.63, 3.8) is 0 Å². The summed E-state index contributed by atoms with van der Waals surface area (Å²) in [5.74, 6) is -0.0570. The zero-order valence-corrected chi connectivity index (χ0v) is 18.6. The third-order valence-corrected chi connectivity index (χ3v) is 5.79. The van der Waals surface area contributed by atoms with Crippen molar-refractivity contribution in [2.45, 2.75) is 26.4 Å². The number of nitrogens with one attached hydrogen (secondary N) is 1. The number of aromatic nitrogens is 2. The average molecular weight is 440 g/mol. The number of pyridine rings is 1. The van der Waals surface area contributed by atoms with Crippen LogP contribution in [0.1, 0.15) is 31.1 Å². The van der Waals surface area contributed by atoms with E-state index in [0.29, 0.717) is 37.4 Å². The number of thiazole rings is 1. The molecule has 4 rings (SSSR count). The number of hydrogen-bond donors (Lipinski definition) is 1. The minimum atomic E-state index is -0.587. The Labute approximate surface area is 184 Å². The molecular weight excluding hydrogens is 414 g/mol. The summed E-state index contributed by atoms with van der Waals surface area (Å²) in [4.78, 5) is 38.9. The van der Waals surface area contributed by atoms with Crippen LogP contribution in [-0.4, -0.2) is 58.6 Å². The lowest BCUT2D eigenvalue weighted by atomic mass is 10.1. The lowest BCUT2D eigenvalue weighted by molar-refractivity contribution is 0.0634. The van der Waals surface area contributed by atoms with Crippen molar-refractivity contribution in [2.75, 3.05) is 36.4 Å². The highest BCUT2D eigenvalue weighted by molar-refractivity contribution is 7.21. The second-order valence-corrected chi connectivity index (χ2v) is 9.27. The van der Waals surface area contributed by atoms with E-state index in [4.69, 9.17) is 4.74 Å². The maximum Gasteiger partial charge on any atom is 0.412 e. The monoisotopic (exact) mass is 439 g/mol. The summed E-state index contributed by atoms with van der Waals surface area (Å²) in [5, 5.41) is 3.62. The molecule has 1 aliphatic heterocycles.